The van der Waals surface area contributed by atoms with Gasteiger partial charge in [-0.25, -0.2) is 0 Å². The second kappa shape index (κ2) is 7.09. The lowest BCUT2D eigenvalue weighted by molar-refractivity contribution is -0.142. The van der Waals surface area contributed by atoms with Gasteiger partial charge in [-0.2, -0.15) is 0 Å². The van der Waals surface area contributed by atoms with Crippen LogP contribution in [0.2, 0.25) is 0 Å². The van der Waals surface area contributed by atoms with E-state index in [1.165, 1.54) is 4.90 Å². The molecule has 0 aromatic carbocycles. The highest BCUT2D eigenvalue weighted by Gasteiger charge is 2.26. The van der Waals surface area contributed by atoms with Gasteiger partial charge in [0.15, 0.2) is 0 Å². The standard InChI is InChI=1S/C14H21N3O3/c18-12-5-1-2-9-17(14(12)20)11-13(19)15-6-10-16-7-3-4-8-16/h3-4,7-8,12,18H,1-2,5-6,9-11H2,(H,15,19). The Morgan fingerprint density at radius 3 is 2.85 bits per heavy atom. The molecule has 1 unspecified atom stereocenters. The van der Waals surface area contributed by atoms with E-state index < -0.39 is 6.10 Å². The molecule has 0 spiro atoms. The van der Waals surface area contributed by atoms with Crippen molar-refractivity contribution in [3.63, 3.8) is 0 Å². The van der Waals surface area contributed by atoms with Crippen LogP contribution in [0.1, 0.15) is 19.3 Å². The van der Waals surface area contributed by atoms with Gasteiger partial charge in [-0.05, 0) is 31.4 Å². The first-order valence-electron chi connectivity index (χ1n) is 7.01. The molecule has 110 valence electrons. The number of aliphatic hydroxyl groups excluding tert-OH is 1. The van der Waals surface area contributed by atoms with Crippen LogP contribution in [0.25, 0.3) is 0 Å². The predicted octanol–water partition coefficient (Wildman–Crippen LogP) is -0.0223. The van der Waals surface area contributed by atoms with E-state index in [1.807, 2.05) is 29.1 Å². The Morgan fingerprint density at radius 2 is 2.10 bits per heavy atom. The minimum Gasteiger partial charge on any atom is -0.383 e. The first-order valence-corrected chi connectivity index (χ1v) is 7.01. The number of hydrogen-bond acceptors (Lipinski definition) is 3. The Bertz CT molecular complexity index is 445. The van der Waals surface area contributed by atoms with Crippen LogP contribution in [0, 0.1) is 0 Å². The third-order valence-corrected chi connectivity index (χ3v) is 3.45. The molecule has 2 heterocycles. The highest BCUT2D eigenvalue weighted by atomic mass is 16.3. The van der Waals surface area contributed by atoms with Crippen molar-refractivity contribution < 1.29 is 14.7 Å². The lowest BCUT2D eigenvalue weighted by atomic mass is 10.2. The molecule has 1 atom stereocenters. The largest absolute Gasteiger partial charge is 0.383 e. The molecule has 6 heteroatoms. The number of aliphatic hydroxyl groups is 1. The SMILES string of the molecule is O=C(CN1CCCCC(O)C1=O)NCCn1cccc1. The number of hydrogen-bond donors (Lipinski definition) is 2. The minimum atomic E-state index is -0.954. The number of amides is 2. The average Bonchev–Trinajstić information content (AvgIpc) is 2.89. The van der Waals surface area contributed by atoms with E-state index in [0.29, 0.717) is 26.1 Å². The van der Waals surface area contributed by atoms with Gasteiger partial charge in [-0.15, -0.1) is 0 Å². The van der Waals surface area contributed by atoms with Crippen molar-refractivity contribution in [3.05, 3.63) is 24.5 Å². The number of aromatic nitrogens is 1. The van der Waals surface area contributed by atoms with Crippen molar-refractivity contribution in [2.24, 2.45) is 0 Å². The summed E-state index contributed by atoms with van der Waals surface area (Å²) in [5.74, 6) is -0.511. The number of nitrogens with one attached hydrogen (secondary N) is 1. The number of carbonyl (C=O) groups excluding carboxylic acids is 2. The summed E-state index contributed by atoms with van der Waals surface area (Å²) in [7, 11) is 0. The summed E-state index contributed by atoms with van der Waals surface area (Å²) in [6.07, 6.45) is 5.05. The lowest BCUT2D eigenvalue weighted by Crippen LogP contribution is -2.44. The van der Waals surface area contributed by atoms with Crippen molar-refractivity contribution in [1.29, 1.82) is 0 Å². The molecule has 1 aromatic rings. The number of nitrogens with zero attached hydrogens (tertiary/aromatic N) is 2. The fourth-order valence-corrected chi connectivity index (χ4v) is 2.31. The van der Waals surface area contributed by atoms with Gasteiger partial charge >= 0.3 is 0 Å². The molecule has 0 radical (unpaired) electrons. The van der Waals surface area contributed by atoms with Crippen LogP contribution in [0.3, 0.4) is 0 Å². The van der Waals surface area contributed by atoms with Crippen LogP contribution in [-0.2, 0) is 16.1 Å². The van der Waals surface area contributed by atoms with Crippen LogP contribution >= 0.6 is 0 Å². The molecule has 1 aliphatic heterocycles. The van der Waals surface area contributed by atoms with E-state index in [-0.39, 0.29) is 18.4 Å². The van der Waals surface area contributed by atoms with Gasteiger partial charge in [-0.1, -0.05) is 0 Å². The summed E-state index contributed by atoms with van der Waals surface area (Å²) in [6, 6.07) is 3.86. The van der Waals surface area contributed by atoms with Crippen LogP contribution < -0.4 is 5.32 Å². The molecule has 0 saturated carbocycles. The smallest absolute Gasteiger partial charge is 0.251 e. The summed E-state index contributed by atoms with van der Waals surface area (Å²) < 4.78 is 1.97. The van der Waals surface area contributed by atoms with Crippen LogP contribution in [0.4, 0.5) is 0 Å². The monoisotopic (exact) mass is 279 g/mol. The van der Waals surface area contributed by atoms with Crippen LogP contribution in [-0.4, -0.2) is 52.1 Å². The maximum atomic E-state index is 11.8. The molecule has 2 N–H and O–H groups in total. The second-order valence-electron chi connectivity index (χ2n) is 5.04. The van der Waals surface area contributed by atoms with Gasteiger partial charge in [0.2, 0.25) is 5.91 Å². The normalized spacial score (nSPS) is 19.8. The predicted molar refractivity (Wildman–Crippen MR) is 73.9 cm³/mol. The summed E-state index contributed by atoms with van der Waals surface area (Å²) in [4.78, 5) is 25.1. The number of carbonyl (C=O) groups is 2. The van der Waals surface area contributed by atoms with Crippen molar-refractivity contribution in [2.45, 2.75) is 31.9 Å². The van der Waals surface area contributed by atoms with Gasteiger partial charge in [0.1, 0.15) is 6.10 Å². The van der Waals surface area contributed by atoms with Gasteiger partial charge in [0.05, 0.1) is 6.54 Å². The molecule has 1 aromatic heterocycles. The Kier molecular flexibility index (Phi) is 5.17. The highest BCUT2D eigenvalue weighted by molar-refractivity contribution is 5.87. The zero-order valence-corrected chi connectivity index (χ0v) is 11.5. The minimum absolute atomic E-state index is 0.0293. The Labute approximate surface area is 118 Å². The van der Waals surface area contributed by atoms with Gasteiger partial charge in [-0.3, -0.25) is 9.59 Å². The fourth-order valence-electron chi connectivity index (χ4n) is 2.31. The van der Waals surface area contributed by atoms with Crippen LogP contribution in [0.5, 0.6) is 0 Å². The number of rotatable bonds is 5. The fraction of sp³-hybridized carbons (Fsp3) is 0.571. The maximum Gasteiger partial charge on any atom is 0.251 e. The zero-order valence-electron chi connectivity index (χ0n) is 11.5. The van der Waals surface area contributed by atoms with Gasteiger partial charge in [0, 0.05) is 32.0 Å². The van der Waals surface area contributed by atoms with E-state index in [1.54, 1.807) is 0 Å². The van der Waals surface area contributed by atoms with Crippen molar-refractivity contribution >= 4 is 11.8 Å². The highest BCUT2D eigenvalue weighted by Crippen LogP contribution is 2.11. The van der Waals surface area contributed by atoms with Crippen molar-refractivity contribution in [2.75, 3.05) is 19.6 Å². The first kappa shape index (κ1) is 14.6. The van der Waals surface area contributed by atoms with E-state index in [9.17, 15) is 14.7 Å². The summed E-state index contributed by atoms with van der Waals surface area (Å²) in [5, 5.41) is 12.4. The molecule has 20 heavy (non-hydrogen) atoms. The Hall–Kier alpha value is -1.82. The molecule has 0 aliphatic carbocycles. The number of likely N-dealkylation sites (tertiary alicyclic amines) is 1. The summed E-state index contributed by atoms with van der Waals surface area (Å²) >= 11 is 0. The molecular weight excluding hydrogens is 258 g/mol. The average molecular weight is 279 g/mol. The van der Waals surface area contributed by atoms with E-state index in [0.717, 1.165) is 12.8 Å². The third kappa shape index (κ3) is 4.09. The second-order valence-corrected chi connectivity index (χ2v) is 5.04. The lowest BCUT2D eigenvalue weighted by Gasteiger charge is -2.21. The van der Waals surface area contributed by atoms with E-state index >= 15 is 0 Å². The van der Waals surface area contributed by atoms with Gasteiger partial charge < -0.3 is 19.9 Å². The zero-order chi connectivity index (χ0) is 14.4. The Morgan fingerprint density at radius 1 is 1.35 bits per heavy atom. The summed E-state index contributed by atoms with van der Waals surface area (Å²) in [6.45, 7) is 1.80. The quantitative estimate of drug-likeness (QED) is 0.795. The molecule has 6 nitrogen and oxygen atoms in total. The van der Waals surface area contributed by atoms with Crippen molar-refractivity contribution in [1.82, 2.24) is 14.8 Å². The van der Waals surface area contributed by atoms with E-state index in [4.69, 9.17) is 0 Å². The molecule has 1 aliphatic rings. The summed E-state index contributed by atoms with van der Waals surface area (Å²) in [5.41, 5.74) is 0. The van der Waals surface area contributed by atoms with E-state index in [2.05, 4.69) is 5.32 Å². The molecule has 2 amide bonds. The maximum absolute atomic E-state index is 11.8. The van der Waals surface area contributed by atoms with Gasteiger partial charge in [0.25, 0.3) is 5.91 Å². The first-order chi connectivity index (χ1) is 9.66. The molecule has 1 saturated heterocycles. The molecule has 2 rings (SSSR count). The molecule has 1 fully saturated rings. The molecule has 0 bridgehead atoms. The molecular formula is C14H21N3O3. The van der Waals surface area contributed by atoms with Crippen LogP contribution in [0.15, 0.2) is 24.5 Å². The topological polar surface area (TPSA) is 74.6 Å². The Balaban J connectivity index is 1.74. The third-order valence-electron chi connectivity index (χ3n) is 3.45. The van der Waals surface area contributed by atoms with Crippen molar-refractivity contribution in [3.8, 4) is 0 Å².